The summed E-state index contributed by atoms with van der Waals surface area (Å²) in [5, 5.41) is 5.84. The molecule has 0 saturated carbocycles. The van der Waals surface area contributed by atoms with Crippen molar-refractivity contribution in [2.24, 2.45) is 0 Å². The Hall–Kier alpha value is -3.58. The zero-order valence-corrected chi connectivity index (χ0v) is 19.1. The van der Waals surface area contributed by atoms with Crippen LogP contribution in [0, 0.1) is 13.8 Å². The normalized spacial score (nSPS) is 10.8. The van der Waals surface area contributed by atoms with Gasteiger partial charge < -0.3 is 19.9 Å². The summed E-state index contributed by atoms with van der Waals surface area (Å²) in [6.45, 7) is 4.59. The second kappa shape index (κ2) is 9.28. The molecule has 4 rings (SSSR count). The number of pyridine rings is 1. The SMILES string of the molecule is COc1ccccc1NC(=O)N(Cc1cccs1)Cc1cc2ccc(C)c(C)c2[nH]c1=O. The van der Waals surface area contributed by atoms with Crippen LogP contribution >= 0.6 is 11.3 Å². The Bertz CT molecular complexity index is 1310. The molecule has 7 heteroatoms. The van der Waals surface area contributed by atoms with Crippen LogP contribution in [0.15, 0.2) is 64.8 Å². The number of hydrogen-bond donors (Lipinski definition) is 2. The fourth-order valence-electron chi connectivity index (χ4n) is 3.63. The summed E-state index contributed by atoms with van der Waals surface area (Å²) >= 11 is 1.57. The molecule has 2 aromatic carbocycles. The van der Waals surface area contributed by atoms with Crippen LogP contribution in [0.4, 0.5) is 10.5 Å². The summed E-state index contributed by atoms with van der Waals surface area (Å²) in [4.78, 5) is 31.8. The van der Waals surface area contributed by atoms with Gasteiger partial charge in [-0.2, -0.15) is 0 Å². The predicted molar refractivity (Wildman–Crippen MR) is 130 cm³/mol. The van der Waals surface area contributed by atoms with E-state index in [1.54, 1.807) is 35.5 Å². The number of nitrogens with zero attached hydrogens (tertiary/aromatic N) is 1. The van der Waals surface area contributed by atoms with Gasteiger partial charge in [0.15, 0.2) is 0 Å². The Morgan fingerprint density at radius 2 is 1.91 bits per heavy atom. The van der Waals surface area contributed by atoms with Crippen LogP contribution in [0.2, 0.25) is 0 Å². The number of fused-ring (bicyclic) bond motifs is 1. The molecule has 2 heterocycles. The molecule has 2 N–H and O–H groups in total. The van der Waals surface area contributed by atoms with Gasteiger partial charge in [0.1, 0.15) is 5.75 Å². The Balaban J connectivity index is 1.66. The number of urea groups is 1. The molecule has 32 heavy (non-hydrogen) atoms. The summed E-state index contributed by atoms with van der Waals surface area (Å²) in [5.74, 6) is 0.575. The highest BCUT2D eigenvalue weighted by Gasteiger charge is 2.19. The van der Waals surface area contributed by atoms with Crippen molar-refractivity contribution >= 4 is 34.0 Å². The lowest BCUT2D eigenvalue weighted by Crippen LogP contribution is -2.35. The number of thiophene rings is 1. The highest BCUT2D eigenvalue weighted by molar-refractivity contribution is 7.09. The van der Waals surface area contributed by atoms with Crippen LogP contribution in [-0.4, -0.2) is 23.0 Å². The number of hydrogen-bond acceptors (Lipinski definition) is 4. The van der Waals surface area contributed by atoms with Gasteiger partial charge in [-0.3, -0.25) is 4.79 Å². The number of aromatic nitrogens is 1. The van der Waals surface area contributed by atoms with E-state index >= 15 is 0 Å². The number of rotatable bonds is 6. The second-order valence-corrected chi connectivity index (χ2v) is 8.69. The Kier molecular flexibility index (Phi) is 6.28. The number of para-hydroxylation sites is 2. The highest BCUT2D eigenvalue weighted by atomic mass is 32.1. The minimum absolute atomic E-state index is 0.178. The molecule has 164 valence electrons. The first-order chi connectivity index (χ1) is 15.5. The number of benzene rings is 2. The molecule has 0 aliphatic rings. The van der Waals surface area contributed by atoms with Crippen LogP contribution < -0.4 is 15.6 Å². The number of carbonyl (C=O) groups excluding carboxylic acids is 1. The van der Waals surface area contributed by atoms with Crippen LogP contribution in [-0.2, 0) is 13.1 Å². The van der Waals surface area contributed by atoms with Crippen LogP contribution in [0.1, 0.15) is 21.6 Å². The van der Waals surface area contributed by atoms with Gasteiger partial charge in [-0.25, -0.2) is 4.79 Å². The third-order valence-electron chi connectivity index (χ3n) is 5.55. The van der Waals surface area contributed by atoms with Gasteiger partial charge >= 0.3 is 6.03 Å². The van der Waals surface area contributed by atoms with Crippen molar-refractivity contribution in [1.82, 2.24) is 9.88 Å². The molecule has 0 fully saturated rings. The van der Waals surface area contributed by atoms with Crippen molar-refractivity contribution in [2.45, 2.75) is 26.9 Å². The summed E-state index contributed by atoms with van der Waals surface area (Å²) in [5.41, 5.74) is 3.93. The molecule has 6 nitrogen and oxygen atoms in total. The third-order valence-corrected chi connectivity index (χ3v) is 6.41. The Labute approximate surface area is 190 Å². The molecular formula is C25H25N3O3S. The molecule has 0 unspecified atom stereocenters. The van der Waals surface area contributed by atoms with Crippen molar-refractivity contribution in [1.29, 1.82) is 0 Å². The van der Waals surface area contributed by atoms with E-state index in [9.17, 15) is 9.59 Å². The number of carbonyl (C=O) groups is 1. The summed E-state index contributed by atoms with van der Waals surface area (Å²) < 4.78 is 5.35. The first-order valence-electron chi connectivity index (χ1n) is 10.3. The Morgan fingerprint density at radius 3 is 2.66 bits per heavy atom. The van der Waals surface area contributed by atoms with E-state index in [0.29, 0.717) is 23.5 Å². The maximum atomic E-state index is 13.2. The molecule has 0 radical (unpaired) electrons. The first kappa shape index (κ1) is 21.6. The van der Waals surface area contributed by atoms with Gasteiger partial charge in [0.2, 0.25) is 0 Å². The number of nitrogens with one attached hydrogen (secondary N) is 2. The lowest BCUT2D eigenvalue weighted by atomic mass is 10.0. The van der Waals surface area contributed by atoms with E-state index in [-0.39, 0.29) is 18.1 Å². The number of anilines is 1. The highest BCUT2D eigenvalue weighted by Crippen LogP contribution is 2.25. The van der Waals surface area contributed by atoms with Crippen molar-refractivity contribution in [3.63, 3.8) is 0 Å². The Morgan fingerprint density at radius 1 is 1.09 bits per heavy atom. The van der Waals surface area contributed by atoms with Gasteiger partial charge in [-0.15, -0.1) is 11.3 Å². The van der Waals surface area contributed by atoms with E-state index in [0.717, 1.165) is 26.9 Å². The van der Waals surface area contributed by atoms with Crippen molar-refractivity contribution in [3.8, 4) is 5.75 Å². The van der Waals surface area contributed by atoms with E-state index < -0.39 is 0 Å². The van der Waals surface area contributed by atoms with E-state index in [4.69, 9.17) is 4.74 Å². The number of aromatic amines is 1. The maximum Gasteiger partial charge on any atom is 0.322 e. The van der Waals surface area contributed by atoms with E-state index in [2.05, 4.69) is 10.3 Å². The second-order valence-electron chi connectivity index (χ2n) is 7.66. The topological polar surface area (TPSA) is 74.4 Å². The minimum atomic E-state index is -0.303. The maximum absolute atomic E-state index is 13.2. The fourth-order valence-corrected chi connectivity index (χ4v) is 4.34. The zero-order valence-electron chi connectivity index (χ0n) is 18.3. The lowest BCUT2D eigenvalue weighted by Gasteiger charge is -2.23. The lowest BCUT2D eigenvalue weighted by molar-refractivity contribution is 0.206. The smallest absolute Gasteiger partial charge is 0.322 e. The largest absolute Gasteiger partial charge is 0.495 e. The zero-order chi connectivity index (χ0) is 22.7. The first-order valence-corrected chi connectivity index (χ1v) is 11.2. The number of aryl methyl sites for hydroxylation is 2. The number of methoxy groups -OCH3 is 1. The number of amides is 2. The molecule has 0 saturated heterocycles. The molecule has 0 aliphatic carbocycles. The summed E-state index contributed by atoms with van der Waals surface area (Å²) in [6.07, 6.45) is 0. The van der Waals surface area contributed by atoms with Crippen LogP contribution in [0.5, 0.6) is 5.75 Å². The standard InChI is InChI=1S/C25H25N3O3S/c1-16-10-11-18-13-19(24(29)27-23(18)17(16)2)14-28(15-20-7-6-12-32-20)25(30)26-21-8-4-5-9-22(21)31-3/h4-13H,14-15H2,1-3H3,(H,26,30)(H,27,29). The molecular weight excluding hydrogens is 422 g/mol. The molecule has 2 aromatic heterocycles. The van der Waals surface area contributed by atoms with E-state index in [1.165, 1.54) is 0 Å². The minimum Gasteiger partial charge on any atom is -0.495 e. The van der Waals surface area contributed by atoms with Gasteiger partial charge in [0.05, 0.1) is 31.4 Å². The van der Waals surface area contributed by atoms with Gasteiger partial charge in [-0.05, 0) is 60.0 Å². The molecule has 2 amide bonds. The molecule has 0 aliphatic heterocycles. The predicted octanol–water partition coefficient (Wildman–Crippen LogP) is 5.45. The summed E-state index contributed by atoms with van der Waals surface area (Å²) in [7, 11) is 1.56. The molecule has 4 aromatic rings. The quantitative estimate of drug-likeness (QED) is 0.413. The van der Waals surface area contributed by atoms with Crippen molar-refractivity contribution in [3.05, 3.63) is 91.9 Å². The number of H-pyrrole nitrogens is 1. The number of ether oxygens (including phenoxy) is 1. The summed E-state index contributed by atoms with van der Waals surface area (Å²) in [6, 6.07) is 16.8. The molecule has 0 spiro atoms. The van der Waals surface area contributed by atoms with Gasteiger partial charge in [0.25, 0.3) is 5.56 Å². The van der Waals surface area contributed by atoms with Crippen molar-refractivity contribution in [2.75, 3.05) is 12.4 Å². The monoisotopic (exact) mass is 447 g/mol. The molecule has 0 atom stereocenters. The average molecular weight is 448 g/mol. The van der Waals surface area contributed by atoms with E-state index in [1.807, 2.05) is 61.7 Å². The van der Waals surface area contributed by atoms with Gasteiger partial charge in [-0.1, -0.05) is 30.3 Å². The van der Waals surface area contributed by atoms with Gasteiger partial charge in [0, 0.05) is 10.4 Å². The third kappa shape index (κ3) is 4.53. The molecule has 0 bridgehead atoms. The van der Waals surface area contributed by atoms with Crippen molar-refractivity contribution < 1.29 is 9.53 Å². The average Bonchev–Trinajstić information content (AvgIpc) is 3.30. The van der Waals surface area contributed by atoms with Crippen LogP contribution in [0.25, 0.3) is 10.9 Å². The fraction of sp³-hybridized carbons (Fsp3) is 0.200. The van der Waals surface area contributed by atoms with Crippen LogP contribution in [0.3, 0.4) is 0 Å².